The molecule has 1 N–H and O–H groups in total. The molecule has 2 atom stereocenters. The third-order valence-electron chi connectivity index (χ3n) is 1.96. The van der Waals surface area contributed by atoms with Crippen molar-refractivity contribution in [1.29, 1.82) is 0 Å². The van der Waals surface area contributed by atoms with Crippen LogP contribution in [0.1, 0.15) is 20.3 Å². The van der Waals surface area contributed by atoms with Gasteiger partial charge in [0, 0.05) is 0 Å². The highest BCUT2D eigenvalue weighted by Crippen LogP contribution is 1.98. The van der Waals surface area contributed by atoms with Gasteiger partial charge in [-0.3, -0.25) is 4.79 Å². The zero-order valence-electron chi connectivity index (χ0n) is 8.79. The summed E-state index contributed by atoms with van der Waals surface area (Å²) in [5.41, 5.74) is 0. The Kier molecular flexibility index (Phi) is 6.54. The molecule has 0 aromatic carbocycles. The number of methoxy groups -OCH3 is 1. The summed E-state index contributed by atoms with van der Waals surface area (Å²) in [5, 5.41) is 2.83. The Morgan fingerprint density at radius 2 is 2.15 bits per heavy atom. The minimum Gasteiger partial charge on any atom is -0.468 e. The number of carbonyl (C=O) groups is 1. The number of ether oxygens (including phenoxy) is 2. The number of hydrogen-bond donors (Lipinski definition) is 1. The Labute approximate surface area is 79.6 Å². The van der Waals surface area contributed by atoms with Crippen LogP contribution in [0.15, 0.2) is 0 Å². The Morgan fingerprint density at radius 3 is 2.54 bits per heavy atom. The molecular weight excluding hydrogens is 170 g/mol. The van der Waals surface area contributed by atoms with E-state index in [1.165, 1.54) is 7.11 Å². The van der Waals surface area contributed by atoms with Crippen LogP contribution in [0.5, 0.6) is 0 Å². The smallest absolute Gasteiger partial charge is 0.325 e. The molecule has 0 aliphatic heterocycles. The van der Waals surface area contributed by atoms with Gasteiger partial charge in [-0.1, -0.05) is 6.92 Å². The van der Waals surface area contributed by atoms with Crippen LogP contribution >= 0.6 is 0 Å². The first-order valence-electron chi connectivity index (χ1n) is 4.52. The van der Waals surface area contributed by atoms with Crippen LogP contribution in [0.4, 0.5) is 0 Å². The fourth-order valence-electron chi connectivity index (χ4n) is 0.790. The van der Waals surface area contributed by atoms with Crippen molar-refractivity contribution in [2.75, 3.05) is 20.8 Å². The van der Waals surface area contributed by atoms with Gasteiger partial charge in [0.1, 0.15) is 6.04 Å². The van der Waals surface area contributed by atoms with E-state index in [-0.39, 0.29) is 18.1 Å². The van der Waals surface area contributed by atoms with Crippen LogP contribution in [0.2, 0.25) is 0 Å². The molecule has 2 unspecified atom stereocenters. The molecule has 0 aliphatic rings. The van der Waals surface area contributed by atoms with Crippen LogP contribution < -0.4 is 5.32 Å². The fourth-order valence-corrected chi connectivity index (χ4v) is 0.790. The molecule has 4 heteroatoms. The minimum atomic E-state index is -0.362. The maximum absolute atomic E-state index is 11.1. The number of rotatable bonds is 6. The van der Waals surface area contributed by atoms with Crippen LogP contribution in [-0.2, 0) is 14.3 Å². The lowest BCUT2D eigenvalue weighted by Gasteiger charge is -2.16. The molecule has 0 saturated heterocycles. The van der Waals surface area contributed by atoms with E-state index >= 15 is 0 Å². The van der Waals surface area contributed by atoms with Crippen LogP contribution in [0, 0.1) is 0 Å². The van der Waals surface area contributed by atoms with Gasteiger partial charge in [-0.2, -0.15) is 0 Å². The van der Waals surface area contributed by atoms with Crippen molar-refractivity contribution in [3.63, 3.8) is 0 Å². The van der Waals surface area contributed by atoms with Crippen molar-refractivity contribution >= 4 is 5.97 Å². The molecule has 0 aliphatic carbocycles. The molecule has 0 aromatic rings. The second kappa shape index (κ2) is 6.86. The van der Waals surface area contributed by atoms with Crippen molar-refractivity contribution in [2.24, 2.45) is 0 Å². The molecule has 0 saturated carbocycles. The lowest BCUT2D eigenvalue weighted by atomic mass is 10.3. The number of likely N-dealkylation sites (N-methyl/N-ethyl adjacent to an activating group) is 1. The van der Waals surface area contributed by atoms with Gasteiger partial charge in [-0.05, 0) is 20.4 Å². The van der Waals surface area contributed by atoms with Gasteiger partial charge in [-0.15, -0.1) is 0 Å². The van der Waals surface area contributed by atoms with Crippen molar-refractivity contribution in [1.82, 2.24) is 5.32 Å². The Hall–Kier alpha value is -0.610. The average molecular weight is 189 g/mol. The first-order valence-corrected chi connectivity index (χ1v) is 4.52. The highest BCUT2D eigenvalue weighted by atomic mass is 16.5. The zero-order valence-corrected chi connectivity index (χ0v) is 8.79. The molecule has 4 nitrogen and oxygen atoms in total. The molecule has 0 radical (unpaired) electrons. The first-order chi connectivity index (χ1) is 6.15. The zero-order chi connectivity index (χ0) is 10.3. The second-order valence-electron chi connectivity index (χ2n) is 2.92. The summed E-state index contributed by atoms with van der Waals surface area (Å²) in [4.78, 5) is 11.1. The number of esters is 1. The van der Waals surface area contributed by atoms with Crippen molar-refractivity contribution in [3.8, 4) is 0 Å². The quantitative estimate of drug-likeness (QED) is 0.620. The molecule has 0 fully saturated rings. The summed E-state index contributed by atoms with van der Waals surface area (Å²) in [7, 11) is 3.08. The van der Waals surface area contributed by atoms with Crippen LogP contribution in [-0.4, -0.2) is 38.9 Å². The minimum absolute atomic E-state index is 0.181. The predicted molar refractivity (Wildman–Crippen MR) is 50.6 cm³/mol. The molecule has 0 rings (SSSR count). The normalized spacial score (nSPS) is 15.1. The van der Waals surface area contributed by atoms with E-state index in [9.17, 15) is 4.79 Å². The van der Waals surface area contributed by atoms with E-state index in [0.717, 1.165) is 6.42 Å². The topological polar surface area (TPSA) is 47.6 Å². The summed E-state index contributed by atoms with van der Waals surface area (Å²) < 4.78 is 9.99. The highest BCUT2D eigenvalue weighted by molar-refractivity contribution is 5.75. The van der Waals surface area contributed by atoms with E-state index in [4.69, 9.17) is 4.74 Å². The van der Waals surface area contributed by atoms with Gasteiger partial charge in [0.2, 0.25) is 0 Å². The molecule has 0 amide bonds. The maximum Gasteiger partial charge on any atom is 0.325 e. The van der Waals surface area contributed by atoms with Crippen LogP contribution in [0.3, 0.4) is 0 Å². The first kappa shape index (κ1) is 12.4. The molecular formula is C9H19NO3. The third kappa shape index (κ3) is 4.85. The lowest BCUT2D eigenvalue weighted by molar-refractivity contribution is -0.145. The Morgan fingerprint density at radius 1 is 1.54 bits per heavy atom. The Balaban J connectivity index is 3.78. The molecule has 0 heterocycles. The van der Waals surface area contributed by atoms with Crippen molar-refractivity contribution in [3.05, 3.63) is 0 Å². The van der Waals surface area contributed by atoms with Gasteiger partial charge in [-0.25, -0.2) is 0 Å². The Bertz CT molecular complexity index is 150. The summed E-state index contributed by atoms with van der Waals surface area (Å²) in [5.74, 6) is -0.286. The molecule has 78 valence electrons. The van der Waals surface area contributed by atoms with E-state index in [0.29, 0.717) is 6.61 Å². The van der Waals surface area contributed by atoms with Gasteiger partial charge in [0.05, 0.1) is 19.8 Å². The lowest BCUT2D eigenvalue weighted by Crippen LogP contribution is -2.39. The third-order valence-corrected chi connectivity index (χ3v) is 1.96. The second-order valence-corrected chi connectivity index (χ2v) is 2.92. The van der Waals surface area contributed by atoms with Gasteiger partial charge in [0.15, 0.2) is 0 Å². The van der Waals surface area contributed by atoms with Gasteiger partial charge >= 0.3 is 5.97 Å². The highest BCUT2D eigenvalue weighted by Gasteiger charge is 2.17. The van der Waals surface area contributed by atoms with E-state index in [1.807, 2.05) is 13.8 Å². The van der Waals surface area contributed by atoms with Crippen LogP contribution in [0.25, 0.3) is 0 Å². The molecule has 0 spiro atoms. The summed E-state index contributed by atoms with van der Waals surface area (Å²) >= 11 is 0. The number of hydrogen-bond acceptors (Lipinski definition) is 4. The predicted octanol–water partition coefficient (Wildman–Crippen LogP) is 0.562. The molecule has 0 aromatic heterocycles. The van der Waals surface area contributed by atoms with Gasteiger partial charge in [0.25, 0.3) is 0 Å². The summed E-state index contributed by atoms with van der Waals surface area (Å²) in [6.07, 6.45) is 1.12. The fraction of sp³-hybridized carbons (Fsp3) is 0.889. The molecule has 0 bridgehead atoms. The summed E-state index contributed by atoms with van der Waals surface area (Å²) in [6.45, 7) is 4.37. The monoisotopic (exact) mass is 189 g/mol. The summed E-state index contributed by atoms with van der Waals surface area (Å²) in [6, 6.07) is -0.362. The largest absolute Gasteiger partial charge is 0.468 e. The number of nitrogens with one attached hydrogen (secondary N) is 1. The van der Waals surface area contributed by atoms with Crippen molar-refractivity contribution < 1.29 is 14.3 Å². The van der Waals surface area contributed by atoms with E-state index < -0.39 is 0 Å². The van der Waals surface area contributed by atoms with Gasteiger partial charge < -0.3 is 14.8 Å². The SMILES string of the molecule is CCC(C)OCC(NC)C(=O)OC. The average Bonchev–Trinajstić information content (AvgIpc) is 2.17. The van der Waals surface area contributed by atoms with Crippen molar-refractivity contribution in [2.45, 2.75) is 32.4 Å². The number of carbonyl (C=O) groups excluding carboxylic acids is 1. The van der Waals surface area contributed by atoms with E-state index in [2.05, 4.69) is 10.1 Å². The standard InChI is InChI=1S/C9H19NO3/c1-5-7(2)13-6-8(10-3)9(11)12-4/h7-8,10H,5-6H2,1-4H3. The maximum atomic E-state index is 11.1. The van der Waals surface area contributed by atoms with E-state index in [1.54, 1.807) is 7.05 Å². The molecule has 13 heavy (non-hydrogen) atoms.